The number of nitrogens with one attached hydrogen (secondary N) is 3. The van der Waals surface area contributed by atoms with Crippen LogP contribution in [0.5, 0.6) is 0 Å². The van der Waals surface area contributed by atoms with Gasteiger partial charge in [0, 0.05) is 25.5 Å². The van der Waals surface area contributed by atoms with Crippen LogP contribution < -0.4 is 16.0 Å². The Morgan fingerprint density at radius 3 is 2.68 bits per heavy atom. The third kappa shape index (κ3) is 7.58. The molecule has 0 atom stereocenters. The van der Waals surface area contributed by atoms with Crippen molar-refractivity contribution in [1.29, 1.82) is 0 Å². The first-order valence-electron chi connectivity index (χ1n) is 6.47. The van der Waals surface area contributed by atoms with Crippen molar-refractivity contribution in [2.24, 2.45) is 0 Å². The second-order valence-corrected chi connectivity index (χ2v) is 3.96. The van der Waals surface area contributed by atoms with Crippen LogP contribution in [0, 0.1) is 0 Å². The summed E-state index contributed by atoms with van der Waals surface area (Å²) >= 11 is 0. The lowest BCUT2D eigenvalue weighted by atomic mass is 10.4. The van der Waals surface area contributed by atoms with E-state index in [4.69, 9.17) is 4.74 Å². The van der Waals surface area contributed by atoms with Gasteiger partial charge in [0.1, 0.15) is 0 Å². The first-order chi connectivity index (χ1) is 10.6. The highest BCUT2D eigenvalue weighted by molar-refractivity contribution is 5.95. The number of carbonyl (C=O) groups is 3. The van der Waals surface area contributed by atoms with E-state index in [0.29, 0.717) is 5.95 Å². The zero-order valence-electron chi connectivity index (χ0n) is 11.9. The van der Waals surface area contributed by atoms with Gasteiger partial charge in [0.2, 0.25) is 5.95 Å². The monoisotopic (exact) mass is 307 g/mol. The smallest absolute Gasteiger partial charge is 0.321 e. The molecule has 1 heterocycles. The molecule has 118 valence electrons. The molecule has 0 aliphatic rings. The minimum absolute atomic E-state index is 0.0359. The summed E-state index contributed by atoms with van der Waals surface area (Å²) in [6, 6.07) is 0.993. The highest BCUT2D eigenvalue weighted by Crippen LogP contribution is 1.95. The van der Waals surface area contributed by atoms with Gasteiger partial charge in [0.25, 0.3) is 5.91 Å². The van der Waals surface area contributed by atoms with Crippen LogP contribution in [0.15, 0.2) is 31.1 Å². The predicted octanol–water partition coefficient (Wildman–Crippen LogP) is -0.166. The summed E-state index contributed by atoms with van der Waals surface area (Å²) in [6.45, 7) is 3.38. The summed E-state index contributed by atoms with van der Waals surface area (Å²) in [6.07, 6.45) is 4.63. The van der Waals surface area contributed by atoms with E-state index in [2.05, 4.69) is 27.2 Å². The molecule has 0 bridgehead atoms. The molecular formula is C13H17N5O4. The fourth-order valence-electron chi connectivity index (χ4n) is 1.26. The van der Waals surface area contributed by atoms with E-state index in [1.807, 2.05) is 5.32 Å². The predicted molar refractivity (Wildman–Crippen MR) is 77.8 cm³/mol. The molecule has 22 heavy (non-hydrogen) atoms. The standard InChI is InChI=1S/C13H17N5O4/c1-2-5-17-13(21)18-10(19)9-22-11(20)4-8-16-12-14-6-3-7-15-12/h2-3,6-7H,1,4-5,8-9H2,(H,14,15,16)(H2,17,18,19,21). The topological polar surface area (TPSA) is 122 Å². The molecule has 0 aromatic carbocycles. The number of urea groups is 1. The van der Waals surface area contributed by atoms with Crippen molar-refractivity contribution in [3.05, 3.63) is 31.1 Å². The summed E-state index contributed by atoms with van der Waals surface area (Å²) in [4.78, 5) is 41.7. The van der Waals surface area contributed by atoms with Crippen molar-refractivity contribution >= 4 is 23.9 Å². The Morgan fingerprint density at radius 2 is 2.00 bits per heavy atom. The lowest BCUT2D eigenvalue weighted by Crippen LogP contribution is -2.41. The van der Waals surface area contributed by atoms with Crippen LogP contribution in [0.4, 0.5) is 10.7 Å². The first-order valence-corrected chi connectivity index (χ1v) is 6.47. The number of hydrogen-bond donors (Lipinski definition) is 3. The first kappa shape index (κ1) is 17.1. The fraction of sp³-hybridized carbons (Fsp3) is 0.308. The maximum atomic E-state index is 11.4. The quantitative estimate of drug-likeness (QED) is 0.450. The Hall–Kier alpha value is -2.97. The van der Waals surface area contributed by atoms with Crippen molar-refractivity contribution in [2.45, 2.75) is 6.42 Å². The molecule has 9 heteroatoms. The van der Waals surface area contributed by atoms with Crippen LogP contribution in [-0.2, 0) is 14.3 Å². The van der Waals surface area contributed by atoms with E-state index in [-0.39, 0.29) is 19.5 Å². The maximum absolute atomic E-state index is 11.4. The summed E-state index contributed by atoms with van der Waals surface area (Å²) < 4.78 is 4.72. The zero-order chi connectivity index (χ0) is 16.2. The molecule has 0 unspecified atom stereocenters. The molecule has 1 rings (SSSR count). The number of esters is 1. The number of ether oxygens (including phenoxy) is 1. The maximum Gasteiger partial charge on any atom is 0.321 e. The van der Waals surface area contributed by atoms with Crippen molar-refractivity contribution < 1.29 is 19.1 Å². The molecule has 0 saturated heterocycles. The van der Waals surface area contributed by atoms with E-state index in [9.17, 15) is 14.4 Å². The van der Waals surface area contributed by atoms with E-state index < -0.39 is 24.5 Å². The van der Waals surface area contributed by atoms with E-state index >= 15 is 0 Å². The van der Waals surface area contributed by atoms with E-state index in [0.717, 1.165) is 0 Å². The number of carbonyl (C=O) groups excluding carboxylic acids is 3. The van der Waals surface area contributed by atoms with Gasteiger partial charge < -0.3 is 15.4 Å². The minimum Gasteiger partial charge on any atom is -0.456 e. The average molecular weight is 307 g/mol. The number of anilines is 1. The van der Waals surface area contributed by atoms with Crippen LogP contribution in [-0.4, -0.2) is 47.6 Å². The van der Waals surface area contributed by atoms with Gasteiger partial charge in [-0.3, -0.25) is 14.9 Å². The molecule has 0 aliphatic carbocycles. The summed E-state index contributed by atoms with van der Waals surface area (Å²) in [5, 5.41) is 7.17. The van der Waals surface area contributed by atoms with Crippen LogP contribution in [0.1, 0.15) is 6.42 Å². The van der Waals surface area contributed by atoms with Crippen molar-refractivity contribution in [2.75, 3.05) is 25.0 Å². The third-order valence-electron chi connectivity index (χ3n) is 2.20. The molecule has 0 fully saturated rings. The van der Waals surface area contributed by atoms with E-state index in [1.165, 1.54) is 6.08 Å². The minimum atomic E-state index is -0.714. The Labute approximate surface area is 127 Å². The van der Waals surface area contributed by atoms with Gasteiger partial charge in [0.15, 0.2) is 6.61 Å². The second kappa shape index (κ2) is 9.86. The highest BCUT2D eigenvalue weighted by atomic mass is 16.5. The number of hydrogen-bond acceptors (Lipinski definition) is 7. The number of amides is 3. The van der Waals surface area contributed by atoms with Crippen LogP contribution in [0.25, 0.3) is 0 Å². The largest absolute Gasteiger partial charge is 0.456 e. The number of nitrogens with zero attached hydrogens (tertiary/aromatic N) is 2. The molecular weight excluding hydrogens is 290 g/mol. The van der Waals surface area contributed by atoms with Gasteiger partial charge in [0.05, 0.1) is 6.42 Å². The lowest BCUT2D eigenvalue weighted by molar-refractivity contribution is -0.148. The molecule has 0 saturated carbocycles. The van der Waals surface area contributed by atoms with Crippen molar-refractivity contribution in [3.8, 4) is 0 Å². The van der Waals surface area contributed by atoms with Gasteiger partial charge in [-0.15, -0.1) is 6.58 Å². The van der Waals surface area contributed by atoms with Crippen molar-refractivity contribution in [1.82, 2.24) is 20.6 Å². The van der Waals surface area contributed by atoms with Crippen LogP contribution >= 0.6 is 0 Å². The van der Waals surface area contributed by atoms with Gasteiger partial charge >= 0.3 is 12.0 Å². The molecule has 0 aliphatic heterocycles. The normalized spacial score (nSPS) is 9.45. The molecule has 3 N–H and O–H groups in total. The molecule has 1 aromatic heterocycles. The third-order valence-corrected chi connectivity index (χ3v) is 2.20. The molecule has 3 amide bonds. The van der Waals surface area contributed by atoms with Gasteiger partial charge in [-0.05, 0) is 6.07 Å². The van der Waals surface area contributed by atoms with Crippen molar-refractivity contribution in [3.63, 3.8) is 0 Å². The Kier molecular flexibility index (Phi) is 7.66. The number of rotatable bonds is 8. The van der Waals surface area contributed by atoms with Crippen LogP contribution in [0.2, 0.25) is 0 Å². The zero-order valence-corrected chi connectivity index (χ0v) is 11.9. The summed E-state index contributed by atoms with van der Waals surface area (Å²) in [5.41, 5.74) is 0. The van der Waals surface area contributed by atoms with Gasteiger partial charge in [-0.1, -0.05) is 6.08 Å². The highest BCUT2D eigenvalue weighted by Gasteiger charge is 2.10. The Bertz CT molecular complexity index is 520. The second-order valence-electron chi connectivity index (χ2n) is 3.96. The van der Waals surface area contributed by atoms with Gasteiger partial charge in [-0.25, -0.2) is 14.8 Å². The SMILES string of the molecule is C=CCNC(=O)NC(=O)COC(=O)CCNc1ncccn1. The molecule has 0 radical (unpaired) electrons. The van der Waals surface area contributed by atoms with Gasteiger partial charge in [-0.2, -0.15) is 0 Å². The Morgan fingerprint density at radius 1 is 1.27 bits per heavy atom. The van der Waals surface area contributed by atoms with Crippen LogP contribution in [0.3, 0.4) is 0 Å². The Balaban J connectivity index is 2.13. The molecule has 9 nitrogen and oxygen atoms in total. The molecule has 0 spiro atoms. The summed E-state index contributed by atoms with van der Waals surface area (Å²) in [7, 11) is 0. The lowest BCUT2D eigenvalue weighted by Gasteiger charge is -2.07. The summed E-state index contributed by atoms with van der Waals surface area (Å²) in [5.74, 6) is -0.897. The average Bonchev–Trinajstić information content (AvgIpc) is 2.52. The number of aromatic nitrogens is 2. The fourth-order valence-corrected chi connectivity index (χ4v) is 1.26. The molecule has 1 aromatic rings. The number of imide groups is 1. The van der Waals surface area contributed by atoms with E-state index in [1.54, 1.807) is 18.5 Å².